The maximum absolute atomic E-state index is 11.8. The lowest BCUT2D eigenvalue weighted by Gasteiger charge is -2.08. The summed E-state index contributed by atoms with van der Waals surface area (Å²) in [6.45, 7) is 0.626. The van der Waals surface area contributed by atoms with Gasteiger partial charge in [-0.3, -0.25) is 9.63 Å². The lowest BCUT2D eigenvalue weighted by molar-refractivity contribution is 0.00876. The zero-order valence-electron chi connectivity index (χ0n) is 10.6. The molecule has 0 aliphatic heterocycles. The number of phenols is 1. The van der Waals surface area contributed by atoms with Crippen LogP contribution >= 0.6 is 0 Å². The zero-order chi connectivity index (χ0) is 13.7. The molecule has 0 saturated heterocycles. The third-order valence-electron chi connectivity index (χ3n) is 2.70. The van der Waals surface area contributed by atoms with Crippen molar-refractivity contribution in [3.63, 3.8) is 0 Å². The van der Waals surface area contributed by atoms with Gasteiger partial charge in [0, 0.05) is 12.5 Å². The normalized spacial score (nSPS) is 10.6. The molecule has 0 saturated carbocycles. The van der Waals surface area contributed by atoms with Gasteiger partial charge in [-0.2, -0.15) is 0 Å². The number of methoxy groups -OCH3 is 1. The van der Waals surface area contributed by atoms with Crippen molar-refractivity contribution in [2.24, 2.45) is 0 Å². The van der Waals surface area contributed by atoms with Crippen LogP contribution in [0.2, 0.25) is 0 Å². The van der Waals surface area contributed by atoms with E-state index in [2.05, 4.69) is 5.48 Å². The molecule has 2 aromatic rings. The Morgan fingerprint density at radius 1 is 1.21 bits per heavy atom. The Balaban J connectivity index is 2.16. The molecule has 100 valence electrons. The highest BCUT2D eigenvalue weighted by atomic mass is 16.7. The topological polar surface area (TPSA) is 67.8 Å². The van der Waals surface area contributed by atoms with Crippen LogP contribution in [0.25, 0.3) is 10.8 Å². The second kappa shape index (κ2) is 6.17. The first-order valence-corrected chi connectivity index (χ1v) is 5.86. The van der Waals surface area contributed by atoms with E-state index in [0.717, 1.165) is 5.39 Å². The minimum atomic E-state index is -0.487. The second-order valence-corrected chi connectivity index (χ2v) is 3.96. The van der Waals surface area contributed by atoms with E-state index in [1.807, 2.05) is 12.1 Å². The molecule has 2 aromatic carbocycles. The SMILES string of the molecule is COCCONC(=O)c1ccc2ccccc2c1O. The summed E-state index contributed by atoms with van der Waals surface area (Å²) in [5.41, 5.74) is 2.44. The number of ether oxygens (including phenoxy) is 1. The van der Waals surface area contributed by atoms with Gasteiger partial charge in [-0.1, -0.05) is 30.3 Å². The number of aromatic hydroxyl groups is 1. The highest BCUT2D eigenvalue weighted by Gasteiger charge is 2.13. The van der Waals surface area contributed by atoms with Crippen LogP contribution in [0.3, 0.4) is 0 Å². The first kappa shape index (κ1) is 13.3. The lowest BCUT2D eigenvalue weighted by atomic mass is 10.1. The molecule has 0 aromatic heterocycles. The number of amides is 1. The predicted molar refractivity (Wildman–Crippen MR) is 70.9 cm³/mol. The summed E-state index contributed by atoms with van der Waals surface area (Å²) in [7, 11) is 1.54. The van der Waals surface area contributed by atoms with Gasteiger partial charge in [-0.25, -0.2) is 5.48 Å². The number of phenolic OH excluding ortho intramolecular Hbond substituents is 1. The van der Waals surface area contributed by atoms with Crippen LogP contribution in [0, 0.1) is 0 Å². The molecule has 5 nitrogen and oxygen atoms in total. The molecule has 0 fully saturated rings. The van der Waals surface area contributed by atoms with Gasteiger partial charge >= 0.3 is 0 Å². The van der Waals surface area contributed by atoms with Crippen LogP contribution in [-0.2, 0) is 9.57 Å². The molecule has 0 radical (unpaired) electrons. The number of hydrogen-bond acceptors (Lipinski definition) is 4. The summed E-state index contributed by atoms with van der Waals surface area (Å²) in [5, 5.41) is 11.6. The van der Waals surface area contributed by atoms with Crippen LogP contribution in [0.15, 0.2) is 36.4 Å². The van der Waals surface area contributed by atoms with E-state index in [4.69, 9.17) is 9.57 Å². The zero-order valence-corrected chi connectivity index (χ0v) is 10.6. The molecule has 0 heterocycles. The summed E-state index contributed by atoms with van der Waals surface area (Å²) >= 11 is 0. The number of carbonyl (C=O) groups is 1. The van der Waals surface area contributed by atoms with Crippen LogP contribution in [0.5, 0.6) is 5.75 Å². The number of rotatable bonds is 5. The molecule has 1 amide bonds. The third-order valence-corrected chi connectivity index (χ3v) is 2.70. The molecule has 2 rings (SSSR count). The Hall–Kier alpha value is -2.11. The number of carbonyl (C=O) groups excluding carboxylic acids is 1. The minimum absolute atomic E-state index is 0.0501. The first-order valence-electron chi connectivity index (χ1n) is 5.86. The van der Waals surface area contributed by atoms with E-state index >= 15 is 0 Å². The smallest absolute Gasteiger partial charge is 0.278 e. The number of hydroxylamine groups is 1. The van der Waals surface area contributed by atoms with Crippen molar-refractivity contribution < 1.29 is 19.5 Å². The Morgan fingerprint density at radius 2 is 2.00 bits per heavy atom. The molecular formula is C14H15NO4. The van der Waals surface area contributed by atoms with Gasteiger partial charge in [-0.15, -0.1) is 0 Å². The first-order chi connectivity index (χ1) is 9.24. The van der Waals surface area contributed by atoms with E-state index in [1.165, 1.54) is 0 Å². The molecule has 19 heavy (non-hydrogen) atoms. The van der Waals surface area contributed by atoms with E-state index in [-0.39, 0.29) is 17.9 Å². The quantitative estimate of drug-likeness (QED) is 0.636. The van der Waals surface area contributed by atoms with E-state index < -0.39 is 5.91 Å². The number of benzene rings is 2. The maximum atomic E-state index is 11.8. The van der Waals surface area contributed by atoms with Crippen LogP contribution in [0.4, 0.5) is 0 Å². The van der Waals surface area contributed by atoms with Gasteiger partial charge < -0.3 is 9.84 Å². The molecular weight excluding hydrogens is 246 g/mol. The molecule has 0 aliphatic carbocycles. The van der Waals surface area contributed by atoms with Crippen LogP contribution < -0.4 is 5.48 Å². The Kier molecular flexibility index (Phi) is 4.33. The van der Waals surface area contributed by atoms with Crippen molar-refractivity contribution in [3.05, 3.63) is 42.0 Å². The average molecular weight is 261 g/mol. The lowest BCUT2D eigenvalue weighted by Crippen LogP contribution is -2.25. The second-order valence-electron chi connectivity index (χ2n) is 3.96. The highest BCUT2D eigenvalue weighted by molar-refractivity contribution is 6.03. The molecule has 0 aliphatic rings. The predicted octanol–water partition coefficient (Wildman–Crippen LogP) is 1.85. The van der Waals surface area contributed by atoms with Crippen molar-refractivity contribution in [2.75, 3.05) is 20.3 Å². The van der Waals surface area contributed by atoms with E-state index in [9.17, 15) is 9.90 Å². The van der Waals surface area contributed by atoms with Crippen molar-refractivity contribution in [2.45, 2.75) is 0 Å². The summed E-state index contributed by atoms with van der Waals surface area (Å²) < 4.78 is 4.79. The van der Waals surface area contributed by atoms with Gasteiger partial charge in [0.15, 0.2) is 0 Å². The third kappa shape index (κ3) is 3.01. The summed E-state index contributed by atoms with van der Waals surface area (Å²) in [5.74, 6) is -0.537. The largest absolute Gasteiger partial charge is 0.506 e. The highest BCUT2D eigenvalue weighted by Crippen LogP contribution is 2.28. The van der Waals surface area contributed by atoms with Crippen molar-refractivity contribution in [1.82, 2.24) is 5.48 Å². The molecule has 5 heteroatoms. The molecule has 0 atom stereocenters. The molecule has 0 bridgehead atoms. The standard InChI is InChI=1S/C14H15NO4/c1-18-8-9-19-15-14(17)12-7-6-10-4-2-3-5-11(10)13(12)16/h2-7,16H,8-9H2,1H3,(H,15,17). The van der Waals surface area contributed by atoms with E-state index in [0.29, 0.717) is 12.0 Å². The Bertz CT molecular complexity index is 583. The molecule has 0 unspecified atom stereocenters. The van der Waals surface area contributed by atoms with Gasteiger partial charge in [0.1, 0.15) is 5.75 Å². The van der Waals surface area contributed by atoms with E-state index in [1.54, 1.807) is 31.4 Å². The fraction of sp³-hybridized carbons (Fsp3) is 0.214. The minimum Gasteiger partial charge on any atom is -0.506 e. The fourth-order valence-corrected chi connectivity index (χ4v) is 1.73. The maximum Gasteiger partial charge on any atom is 0.278 e. The average Bonchev–Trinajstić information content (AvgIpc) is 2.44. The number of hydrogen-bond donors (Lipinski definition) is 2. The van der Waals surface area contributed by atoms with Crippen molar-refractivity contribution in [1.29, 1.82) is 0 Å². The van der Waals surface area contributed by atoms with Gasteiger partial charge in [-0.05, 0) is 11.5 Å². The van der Waals surface area contributed by atoms with Gasteiger partial charge in [0.25, 0.3) is 5.91 Å². The number of fused-ring (bicyclic) bond motifs is 1. The Morgan fingerprint density at radius 3 is 2.79 bits per heavy atom. The fourth-order valence-electron chi connectivity index (χ4n) is 1.73. The Labute approximate surface area is 110 Å². The van der Waals surface area contributed by atoms with Crippen molar-refractivity contribution in [3.8, 4) is 5.75 Å². The molecule has 0 spiro atoms. The summed E-state index contributed by atoms with van der Waals surface area (Å²) in [6.07, 6.45) is 0. The summed E-state index contributed by atoms with van der Waals surface area (Å²) in [4.78, 5) is 16.8. The van der Waals surface area contributed by atoms with Crippen molar-refractivity contribution >= 4 is 16.7 Å². The monoisotopic (exact) mass is 261 g/mol. The molecule has 2 N–H and O–H groups in total. The van der Waals surface area contributed by atoms with Gasteiger partial charge in [0.05, 0.1) is 18.8 Å². The summed E-state index contributed by atoms with van der Waals surface area (Å²) in [6, 6.07) is 10.6. The number of nitrogens with one attached hydrogen (secondary N) is 1. The van der Waals surface area contributed by atoms with Crippen LogP contribution in [-0.4, -0.2) is 31.3 Å². The van der Waals surface area contributed by atoms with Crippen LogP contribution in [0.1, 0.15) is 10.4 Å². The van der Waals surface area contributed by atoms with Gasteiger partial charge in [0.2, 0.25) is 0 Å².